The summed E-state index contributed by atoms with van der Waals surface area (Å²) >= 11 is 0. The second kappa shape index (κ2) is 6.75. The normalized spacial score (nSPS) is 12.0. The highest BCUT2D eigenvalue weighted by molar-refractivity contribution is 6.88. The summed E-state index contributed by atoms with van der Waals surface area (Å²) in [6.07, 6.45) is 0. The van der Waals surface area contributed by atoms with Crippen molar-refractivity contribution in [2.45, 2.75) is 19.6 Å². The molecule has 0 saturated carbocycles. The van der Waals surface area contributed by atoms with E-state index in [4.69, 9.17) is 0 Å². The first kappa shape index (κ1) is 18.0. The van der Waals surface area contributed by atoms with Crippen LogP contribution in [-0.4, -0.2) is 12.6 Å². The summed E-state index contributed by atoms with van der Waals surface area (Å²) in [7, 11) is -1.38. The van der Waals surface area contributed by atoms with E-state index in [1.54, 1.807) is 0 Å². The molecular weight excluding hydrogens is 366 g/mol. The molecule has 5 aromatic rings. The number of fused-ring (bicyclic) bond motifs is 3. The number of nitrogens with zero attached hydrogens (tertiary/aromatic N) is 1. The standard InChI is InChI=1S/C27H25NSi/c1-29(2,3)21-17-18-27-24(19-21)23-14-8-10-16-26(23)28(27)25-15-9-7-13-22(25)20-11-5-4-6-12-20/h4-19H,1-3H3. The van der Waals surface area contributed by atoms with Crippen molar-refractivity contribution in [3.8, 4) is 16.8 Å². The molecule has 2 heteroatoms. The van der Waals surface area contributed by atoms with E-state index in [1.165, 1.54) is 43.8 Å². The zero-order chi connectivity index (χ0) is 20.0. The van der Waals surface area contributed by atoms with Gasteiger partial charge in [-0.15, -0.1) is 0 Å². The molecule has 1 nitrogen and oxygen atoms in total. The van der Waals surface area contributed by atoms with Crippen molar-refractivity contribution in [1.29, 1.82) is 0 Å². The van der Waals surface area contributed by atoms with Crippen LogP contribution in [0.3, 0.4) is 0 Å². The van der Waals surface area contributed by atoms with E-state index in [9.17, 15) is 0 Å². The fourth-order valence-electron chi connectivity index (χ4n) is 4.23. The van der Waals surface area contributed by atoms with Gasteiger partial charge in [0.25, 0.3) is 0 Å². The number of hydrogen-bond donors (Lipinski definition) is 0. The second-order valence-electron chi connectivity index (χ2n) is 8.72. The van der Waals surface area contributed by atoms with Crippen molar-refractivity contribution in [2.24, 2.45) is 0 Å². The third-order valence-corrected chi connectivity index (χ3v) is 7.81. The smallest absolute Gasteiger partial charge is 0.0776 e. The molecule has 0 bridgehead atoms. The molecule has 142 valence electrons. The Morgan fingerprint density at radius 3 is 2.03 bits per heavy atom. The van der Waals surface area contributed by atoms with Gasteiger partial charge in [-0.1, -0.05) is 104 Å². The van der Waals surface area contributed by atoms with Crippen LogP contribution in [0.2, 0.25) is 19.6 Å². The van der Waals surface area contributed by atoms with Crippen LogP contribution in [0.25, 0.3) is 38.6 Å². The molecule has 0 amide bonds. The summed E-state index contributed by atoms with van der Waals surface area (Å²) in [5.74, 6) is 0. The van der Waals surface area contributed by atoms with Crippen molar-refractivity contribution in [3.05, 3.63) is 97.1 Å². The van der Waals surface area contributed by atoms with Crippen LogP contribution in [0, 0.1) is 0 Å². The molecule has 0 aliphatic heterocycles. The fourth-order valence-corrected chi connectivity index (χ4v) is 5.39. The Morgan fingerprint density at radius 1 is 0.586 bits per heavy atom. The molecule has 4 aromatic carbocycles. The van der Waals surface area contributed by atoms with Crippen molar-refractivity contribution < 1.29 is 0 Å². The molecule has 0 N–H and O–H groups in total. The largest absolute Gasteiger partial charge is 0.309 e. The van der Waals surface area contributed by atoms with Crippen molar-refractivity contribution in [1.82, 2.24) is 4.57 Å². The second-order valence-corrected chi connectivity index (χ2v) is 13.8. The lowest BCUT2D eigenvalue weighted by molar-refractivity contribution is 1.18. The molecule has 0 radical (unpaired) electrons. The lowest BCUT2D eigenvalue weighted by Crippen LogP contribution is -2.37. The van der Waals surface area contributed by atoms with Gasteiger partial charge in [-0.3, -0.25) is 0 Å². The Hall–Kier alpha value is -3.10. The van der Waals surface area contributed by atoms with Crippen LogP contribution in [0.5, 0.6) is 0 Å². The number of rotatable bonds is 3. The van der Waals surface area contributed by atoms with Gasteiger partial charge in [0, 0.05) is 16.3 Å². The molecule has 0 atom stereocenters. The van der Waals surface area contributed by atoms with Gasteiger partial charge in [0.05, 0.1) is 24.8 Å². The van der Waals surface area contributed by atoms with Gasteiger partial charge in [0.1, 0.15) is 0 Å². The third kappa shape index (κ3) is 3.01. The average molecular weight is 392 g/mol. The quantitative estimate of drug-likeness (QED) is 0.292. The van der Waals surface area contributed by atoms with Gasteiger partial charge in [-0.2, -0.15) is 0 Å². The first-order valence-corrected chi connectivity index (χ1v) is 13.7. The molecule has 0 fully saturated rings. The maximum absolute atomic E-state index is 2.44. The van der Waals surface area contributed by atoms with Crippen LogP contribution in [0.4, 0.5) is 0 Å². The molecule has 0 spiro atoms. The highest BCUT2D eigenvalue weighted by atomic mass is 28.3. The van der Waals surface area contributed by atoms with E-state index in [-0.39, 0.29) is 0 Å². The van der Waals surface area contributed by atoms with Crippen molar-refractivity contribution >= 4 is 35.1 Å². The Kier molecular flexibility index (Phi) is 4.18. The first-order chi connectivity index (χ1) is 14.0. The van der Waals surface area contributed by atoms with Crippen LogP contribution < -0.4 is 5.19 Å². The molecule has 0 aliphatic carbocycles. The molecule has 0 saturated heterocycles. The molecule has 1 aromatic heterocycles. The topological polar surface area (TPSA) is 4.93 Å². The monoisotopic (exact) mass is 391 g/mol. The minimum absolute atomic E-state index is 1.23. The average Bonchev–Trinajstić information content (AvgIpc) is 3.07. The Bertz CT molecular complexity index is 1320. The maximum Gasteiger partial charge on any atom is 0.0776 e. The van der Waals surface area contributed by atoms with E-state index in [2.05, 4.69) is 121 Å². The Labute approximate surface area is 173 Å². The molecule has 0 unspecified atom stereocenters. The van der Waals surface area contributed by atoms with Crippen LogP contribution in [0.15, 0.2) is 97.1 Å². The first-order valence-electron chi connectivity index (χ1n) is 10.2. The number of aromatic nitrogens is 1. The lowest BCUT2D eigenvalue weighted by atomic mass is 10.0. The number of hydrogen-bond acceptors (Lipinski definition) is 0. The molecule has 1 heterocycles. The van der Waals surface area contributed by atoms with E-state index in [1.807, 2.05) is 0 Å². The zero-order valence-corrected chi connectivity index (χ0v) is 18.2. The van der Waals surface area contributed by atoms with E-state index in [0.29, 0.717) is 0 Å². The van der Waals surface area contributed by atoms with Crippen LogP contribution in [0.1, 0.15) is 0 Å². The highest BCUT2D eigenvalue weighted by Gasteiger charge is 2.20. The van der Waals surface area contributed by atoms with E-state index >= 15 is 0 Å². The molecule has 5 rings (SSSR count). The maximum atomic E-state index is 2.44. The summed E-state index contributed by atoms with van der Waals surface area (Å²) in [6, 6.07) is 35.3. The van der Waals surface area contributed by atoms with E-state index in [0.717, 1.165) is 0 Å². The fraction of sp³-hybridized carbons (Fsp3) is 0.111. The van der Waals surface area contributed by atoms with Gasteiger partial charge in [0.2, 0.25) is 0 Å². The molecule has 29 heavy (non-hydrogen) atoms. The summed E-state index contributed by atoms with van der Waals surface area (Å²) in [5.41, 5.74) is 6.26. The van der Waals surface area contributed by atoms with Gasteiger partial charge in [0.15, 0.2) is 0 Å². The van der Waals surface area contributed by atoms with Crippen molar-refractivity contribution in [2.75, 3.05) is 0 Å². The van der Waals surface area contributed by atoms with Gasteiger partial charge < -0.3 is 4.57 Å². The van der Waals surface area contributed by atoms with Gasteiger partial charge >= 0.3 is 0 Å². The van der Waals surface area contributed by atoms with Gasteiger partial charge in [-0.05, 0) is 23.8 Å². The molecular formula is C27H25NSi. The van der Waals surface area contributed by atoms with Crippen LogP contribution in [-0.2, 0) is 0 Å². The lowest BCUT2D eigenvalue weighted by Gasteiger charge is -2.17. The number of benzene rings is 4. The zero-order valence-electron chi connectivity index (χ0n) is 17.2. The summed E-state index contributed by atoms with van der Waals surface area (Å²) in [5, 5.41) is 4.18. The van der Waals surface area contributed by atoms with Crippen LogP contribution >= 0.6 is 0 Å². The minimum atomic E-state index is -1.38. The predicted molar refractivity (Wildman–Crippen MR) is 129 cm³/mol. The summed E-state index contributed by atoms with van der Waals surface area (Å²) < 4.78 is 2.43. The summed E-state index contributed by atoms with van der Waals surface area (Å²) in [6.45, 7) is 7.24. The summed E-state index contributed by atoms with van der Waals surface area (Å²) in [4.78, 5) is 0. The van der Waals surface area contributed by atoms with Crippen molar-refractivity contribution in [3.63, 3.8) is 0 Å². The molecule has 0 aliphatic rings. The predicted octanol–water partition coefficient (Wildman–Crippen LogP) is 7.00. The van der Waals surface area contributed by atoms with E-state index < -0.39 is 8.07 Å². The van der Waals surface area contributed by atoms with Gasteiger partial charge in [-0.25, -0.2) is 0 Å². The Morgan fingerprint density at radius 2 is 1.24 bits per heavy atom. The third-order valence-electron chi connectivity index (χ3n) is 5.77. The minimum Gasteiger partial charge on any atom is -0.309 e. The highest BCUT2D eigenvalue weighted by Crippen LogP contribution is 2.35. The Balaban J connectivity index is 1.87. The SMILES string of the molecule is C[Si](C)(C)c1ccc2c(c1)c1ccccc1n2-c1ccccc1-c1ccccc1. The number of para-hydroxylation sites is 2.